The van der Waals surface area contributed by atoms with Crippen molar-refractivity contribution in [3.05, 3.63) is 52.8 Å². The van der Waals surface area contributed by atoms with E-state index in [1.165, 1.54) is 18.2 Å². The van der Waals surface area contributed by atoms with Gasteiger partial charge < -0.3 is 19.7 Å². The van der Waals surface area contributed by atoms with Crippen LogP contribution in [0.25, 0.3) is 0 Å². The normalized spacial score (nSPS) is 16.5. The minimum Gasteiger partial charge on any atom is -0.497 e. The van der Waals surface area contributed by atoms with Gasteiger partial charge in [-0.1, -0.05) is 11.6 Å². The van der Waals surface area contributed by atoms with Crippen LogP contribution in [-0.4, -0.2) is 37.4 Å². The lowest BCUT2D eigenvalue weighted by molar-refractivity contribution is 0.213. The summed E-state index contributed by atoms with van der Waals surface area (Å²) in [6, 6.07) is 9.31. The molecule has 5 nitrogen and oxygen atoms in total. The first-order valence-corrected chi connectivity index (χ1v) is 9.32. The molecule has 0 spiro atoms. The molecule has 1 unspecified atom stereocenters. The Kier molecular flexibility index (Phi) is 5.78. The van der Waals surface area contributed by atoms with Gasteiger partial charge in [0.05, 0.1) is 19.2 Å². The number of methoxy groups -OCH3 is 2. The quantitative estimate of drug-likeness (QED) is 0.808. The van der Waals surface area contributed by atoms with E-state index in [0.717, 1.165) is 11.3 Å². The number of ether oxygens (including phenoxy) is 2. The summed E-state index contributed by atoms with van der Waals surface area (Å²) in [5, 5.41) is 2.52. The highest BCUT2D eigenvalue weighted by molar-refractivity contribution is 7.99. The van der Waals surface area contributed by atoms with E-state index in [-0.39, 0.29) is 16.4 Å². The molecular formula is C18H18ClFN2O3S. The Morgan fingerprint density at radius 1 is 1.27 bits per heavy atom. The molecule has 3 rings (SSSR count). The van der Waals surface area contributed by atoms with Crippen LogP contribution in [0, 0.1) is 5.82 Å². The maximum absolute atomic E-state index is 13.3. The van der Waals surface area contributed by atoms with Gasteiger partial charge in [-0.25, -0.2) is 9.18 Å². The van der Waals surface area contributed by atoms with E-state index in [9.17, 15) is 9.18 Å². The molecule has 0 aliphatic carbocycles. The van der Waals surface area contributed by atoms with Gasteiger partial charge in [0.25, 0.3) is 0 Å². The molecule has 1 fully saturated rings. The van der Waals surface area contributed by atoms with Crippen molar-refractivity contribution in [3.63, 3.8) is 0 Å². The van der Waals surface area contributed by atoms with Crippen LogP contribution in [0.15, 0.2) is 36.4 Å². The number of hydrogen-bond acceptors (Lipinski definition) is 4. The molecule has 138 valence electrons. The Labute approximate surface area is 160 Å². The summed E-state index contributed by atoms with van der Waals surface area (Å²) < 4.78 is 24.0. The number of urea groups is 1. The maximum atomic E-state index is 13.3. The van der Waals surface area contributed by atoms with Gasteiger partial charge >= 0.3 is 6.03 Å². The highest BCUT2D eigenvalue weighted by Crippen LogP contribution is 2.43. The number of anilines is 1. The Morgan fingerprint density at radius 2 is 2.08 bits per heavy atom. The van der Waals surface area contributed by atoms with Gasteiger partial charge in [0.2, 0.25) is 0 Å². The smallest absolute Gasteiger partial charge is 0.323 e. The standard InChI is InChI=1S/C18H18ClFN2O3S/c1-24-12-4-6-16(25-2)13(10-12)17-22(7-8-26-17)18(23)21-11-3-5-15(20)14(19)9-11/h3-6,9-10,17H,7-8H2,1-2H3,(H,21,23). The van der Waals surface area contributed by atoms with Gasteiger partial charge in [0.1, 0.15) is 22.7 Å². The van der Waals surface area contributed by atoms with Crippen molar-refractivity contribution in [3.8, 4) is 11.5 Å². The van der Waals surface area contributed by atoms with E-state index in [1.807, 2.05) is 18.2 Å². The molecule has 8 heteroatoms. The maximum Gasteiger partial charge on any atom is 0.323 e. The predicted molar refractivity (Wildman–Crippen MR) is 102 cm³/mol. The zero-order valence-corrected chi connectivity index (χ0v) is 15.9. The van der Waals surface area contributed by atoms with Gasteiger partial charge in [-0.3, -0.25) is 0 Å². The van der Waals surface area contributed by atoms with Gasteiger partial charge in [-0.2, -0.15) is 0 Å². The van der Waals surface area contributed by atoms with Gasteiger partial charge in [-0.05, 0) is 36.4 Å². The van der Waals surface area contributed by atoms with Crippen molar-refractivity contribution in [2.45, 2.75) is 5.37 Å². The van der Waals surface area contributed by atoms with Gasteiger partial charge in [-0.15, -0.1) is 11.8 Å². The Hall–Kier alpha value is -2.12. The average Bonchev–Trinajstić information content (AvgIpc) is 3.14. The summed E-state index contributed by atoms with van der Waals surface area (Å²) in [5.74, 6) is 1.65. The summed E-state index contributed by atoms with van der Waals surface area (Å²) in [6.45, 7) is 0.580. The third-order valence-corrected chi connectivity index (χ3v) is 5.56. The fourth-order valence-corrected chi connectivity index (χ4v) is 4.19. The first-order chi connectivity index (χ1) is 12.5. The molecule has 2 aromatic rings. The van der Waals surface area contributed by atoms with E-state index in [0.29, 0.717) is 23.7 Å². The van der Waals surface area contributed by atoms with E-state index < -0.39 is 5.82 Å². The van der Waals surface area contributed by atoms with E-state index in [2.05, 4.69) is 5.32 Å². The van der Waals surface area contributed by atoms with Crippen molar-refractivity contribution in [1.29, 1.82) is 0 Å². The molecule has 0 bridgehead atoms. The SMILES string of the molecule is COc1ccc(OC)c(C2SCCN2C(=O)Nc2ccc(F)c(Cl)c2)c1. The lowest BCUT2D eigenvalue weighted by Gasteiger charge is -2.26. The molecule has 26 heavy (non-hydrogen) atoms. The number of hydrogen-bond donors (Lipinski definition) is 1. The highest BCUT2D eigenvalue weighted by atomic mass is 35.5. The Bertz CT molecular complexity index is 821. The van der Waals surface area contributed by atoms with Crippen LogP contribution in [0.3, 0.4) is 0 Å². The third kappa shape index (κ3) is 3.83. The van der Waals surface area contributed by atoms with Crippen molar-refractivity contribution in [2.75, 3.05) is 31.8 Å². The van der Waals surface area contributed by atoms with E-state index in [4.69, 9.17) is 21.1 Å². The Balaban J connectivity index is 1.83. The van der Waals surface area contributed by atoms with Crippen LogP contribution in [0.2, 0.25) is 5.02 Å². The number of amides is 2. The number of halogens is 2. The molecule has 0 saturated carbocycles. The predicted octanol–water partition coefficient (Wildman–Crippen LogP) is 4.78. The van der Waals surface area contributed by atoms with Crippen LogP contribution in [0.5, 0.6) is 11.5 Å². The fraction of sp³-hybridized carbons (Fsp3) is 0.278. The minimum absolute atomic E-state index is 0.0374. The van der Waals surface area contributed by atoms with E-state index in [1.54, 1.807) is 30.9 Å². The fourth-order valence-electron chi connectivity index (χ4n) is 2.74. The van der Waals surface area contributed by atoms with Crippen molar-refractivity contribution < 1.29 is 18.7 Å². The molecule has 1 atom stereocenters. The molecule has 2 aromatic carbocycles. The molecule has 1 N–H and O–H groups in total. The third-order valence-electron chi connectivity index (χ3n) is 4.03. The summed E-state index contributed by atoms with van der Waals surface area (Å²) in [4.78, 5) is 14.4. The summed E-state index contributed by atoms with van der Waals surface area (Å²) in [6.07, 6.45) is 0. The van der Waals surface area contributed by atoms with Crippen LogP contribution in [0.4, 0.5) is 14.9 Å². The number of carbonyl (C=O) groups excluding carboxylic acids is 1. The Morgan fingerprint density at radius 3 is 2.77 bits per heavy atom. The first kappa shape index (κ1) is 18.7. The lowest BCUT2D eigenvalue weighted by Crippen LogP contribution is -2.34. The second kappa shape index (κ2) is 8.05. The largest absolute Gasteiger partial charge is 0.497 e. The van der Waals surface area contributed by atoms with E-state index >= 15 is 0 Å². The molecule has 0 radical (unpaired) electrons. The zero-order valence-electron chi connectivity index (χ0n) is 14.3. The summed E-state index contributed by atoms with van der Waals surface area (Å²) >= 11 is 7.42. The first-order valence-electron chi connectivity index (χ1n) is 7.89. The number of thioether (sulfide) groups is 1. The minimum atomic E-state index is -0.527. The average molecular weight is 397 g/mol. The zero-order chi connectivity index (χ0) is 18.7. The number of nitrogens with one attached hydrogen (secondary N) is 1. The number of benzene rings is 2. The molecule has 1 heterocycles. The summed E-state index contributed by atoms with van der Waals surface area (Å²) in [7, 11) is 3.19. The van der Waals surface area contributed by atoms with Crippen molar-refractivity contribution in [2.24, 2.45) is 0 Å². The van der Waals surface area contributed by atoms with Crippen LogP contribution in [-0.2, 0) is 0 Å². The second-order valence-electron chi connectivity index (χ2n) is 5.58. The topological polar surface area (TPSA) is 50.8 Å². The number of carbonyl (C=O) groups is 1. The number of rotatable bonds is 4. The van der Waals surface area contributed by atoms with Crippen LogP contribution in [0.1, 0.15) is 10.9 Å². The monoisotopic (exact) mass is 396 g/mol. The molecule has 2 amide bonds. The van der Waals surface area contributed by atoms with Crippen molar-refractivity contribution >= 4 is 35.1 Å². The second-order valence-corrected chi connectivity index (χ2v) is 7.18. The molecule has 0 aromatic heterocycles. The molecule has 1 aliphatic heterocycles. The van der Waals surface area contributed by atoms with Crippen LogP contribution < -0.4 is 14.8 Å². The molecule has 1 saturated heterocycles. The van der Waals surface area contributed by atoms with Gasteiger partial charge in [0, 0.05) is 23.5 Å². The van der Waals surface area contributed by atoms with Gasteiger partial charge in [0.15, 0.2) is 0 Å². The number of nitrogens with zero attached hydrogens (tertiary/aromatic N) is 1. The molecular weight excluding hydrogens is 379 g/mol. The van der Waals surface area contributed by atoms with Crippen molar-refractivity contribution in [1.82, 2.24) is 4.90 Å². The highest BCUT2D eigenvalue weighted by Gasteiger charge is 2.33. The summed E-state index contributed by atoms with van der Waals surface area (Å²) in [5.41, 5.74) is 1.30. The lowest BCUT2D eigenvalue weighted by atomic mass is 10.1. The molecule has 1 aliphatic rings. The van der Waals surface area contributed by atoms with Crippen LogP contribution >= 0.6 is 23.4 Å².